The van der Waals surface area contributed by atoms with Gasteiger partial charge in [0, 0.05) is 17.2 Å². The van der Waals surface area contributed by atoms with Crippen molar-refractivity contribution >= 4 is 11.7 Å². The van der Waals surface area contributed by atoms with Gasteiger partial charge >= 0.3 is 0 Å². The van der Waals surface area contributed by atoms with E-state index in [2.05, 4.69) is 5.32 Å². The number of hydrogen-bond donors (Lipinski definition) is 2. The van der Waals surface area contributed by atoms with Gasteiger partial charge in [0.2, 0.25) is 5.91 Å². The van der Waals surface area contributed by atoms with Gasteiger partial charge in [-0.05, 0) is 42.7 Å². The number of methoxy groups -OCH3 is 1. The number of hydrogen-bond acceptors (Lipinski definition) is 4. The van der Waals surface area contributed by atoms with Gasteiger partial charge in [0.15, 0.2) is 17.4 Å². The number of ketones is 1. The number of Topliss-reactive ketones (excluding diaryl/α,β-unsaturated/α-hetero) is 1. The topological polar surface area (TPSA) is 75.6 Å². The summed E-state index contributed by atoms with van der Waals surface area (Å²) in [6.45, 7) is 3.34. The first-order valence-electron chi connectivity index (χ1n) is 8.41. The van der Waals surface area contributed by atoms with Crippen molar-refractivity contribution in [3.8, 4) is 11.5 Å². The summed E-state index contributed by atoms with van der Waals surface area (Å²) in [7, 11) is 1.29. The molecule has 0 bridgehead atoms. The van der Waals surface area contributed by atoms with Crippen molar-refractivity contribution in [1.29, 1.82) is 0 Å². The number of aromatic hydroxyl groups is 1. The largest absolute Gasteiger partial charge is 0.508 e. The van der Waals surface area contributed by atoms with Crippen LogP contribution in [0.1, 0.15) is 34.0 Å². The van der Waals surface area contributed by atoms with Crippen molar-refractivity contribution in [2.45, 2.75) is 26.7 Å². The maximum atomic E-state index is 13.4. The van der Waals surface area contributed by atoms with Crippen molar-refractivity contribution < 1.29 is 28.2 Å². The monoisotopic (exact) mass is 377 g/mol. The molecule has 0 atom stereocenters. The molecule has 0 saturated heterocycles. The Balaban J connectivity index is 2.07. The van der Waals surface area contributed by atoms with Gasteiger partial charge in [-0.1, -0.05) is 6.92 Å². The number of carbonyl (C=O) groups is 2. The molecule has 0 spiro atoms. The molecule has 0 saturated carbocycles. The predicted molar refractivity (Wildman–Crippen MR) is 96.2 cm³/mol. The van der Waals surface area contributed by atoms with E-state index in [9.17, 15) is 23.5 Å². The van der Waals surface area contributed by atoms with E-state index in [0.717, 1.165) is 17.7 Å². The van der Waals surface area contributed by atoms with E-state index < -0.39 is 17.5 Å². The van der Waals surface area contributed by atoms with Crippen LogP contribution >= 0.6 is 0 Å². The maximum Gasteiger partial charge on any atom is 0.224 e. The summed E-state index contributed by atoms with van der Waals surface area (Å²) in [6, 6.07) is 4.73. The molecule has 0 aliphatic heterocycles. The van der Waals surface area contributed by atoms with E-state index >= 15 is 0 Å². The predicted octanol–water partition coefficient (Wildman–Crippen LogP) is 3.09. The second kappa shape index (κ2) is 8.62. The third kappa shape index (κ3) is 4.61. The Hall–Kier alpha value is -2.96. The first kappa shape index (κ1) is 20.4. The maximum absolute atomic E-state index is 13.4. The van der Waals surface area contributed by atoms with Crippen LogP contribution < -0.4 is 10.1 Å². The Morgan fingerprint density at radius 2 is 1.85 bits per heavy atom. The van der Waals surface area contributed by atoms with Crippen LogP contribution in [0.3, 0.4) is 0 Å². The van der Waals surface area contributed by atoms with E-state index in [-0.39, 0.29) is 35.8 Å². The van der Waals surface area contributed by atoms with Crippen molar-refractivity contribution in [3.63, 3.8) is 0 Å². The van der Waals surface area contributed by atoms with E-state index in [1.807, 2.05) is 6.92 Å². The fourth-order valence-corrected chi connectivity index (χ4v) is 2.87. The molecule has 2 N–H and O–H groups in total. The Labute approximate surface area is 156 Å². The molecule has 2 aromatic carbocycles. The molecule has 2 aromatic rings. The summed E-state index contributed by atoms with van der Waals surface area (Å²) in [5.74, 6) is -2.82. The van der Waals surface area contributed by atoms with Crippen LogP contribution in [0.15, 0.2) is 24.3 Å². The van der Waals surface area contributed by atoms with E-state index in [0.29, 0.717) is 17.5 Å². The molecule has 0 unspecified atom stereocenters. The van der Waals surface area contributed by atoms with Crippen LogP contribution in [-0.4, -0.2) is 30.5 Å². The Bertz CT molecular complexity index is 881. The van der Waals surface area contributed by atoms with Gasteiger partial charge in [-0.2, -0.15) is 0 Å². The Morgan fingerprint density at radius 1 is 1.19 bits per heavy atom. The van der Waals surface area contributed by atoms with Crippen LogP contribution in [-0.2, 0) is 17.6 Å². The molecular formula is C20H21F2NO4. The summed E-state index contributed by atoms with van der Waals surface area (Å²) in [4.78, 5) is 24.5. The average molecular weight is 377 g/mol. The Kier molecular flexibility index (Phi) is 6.50. The highest BCUT2D eigenvalue weighted by atomic mass is 19.2. The standard InChI is InChI=1S/C20H21F2NO4/c1-4-13-11(2)17(24)6-5-14(13)18(25)10-23-20(26)8-12-7-15(21)16(22)9-19(12)27-3/h5-7,9,24H,4,8,10H2,1-3H3,(H,23,26). The molecule has 1 amide bonds. The third-order valence-corrected chi connectivity index (χ3v) is 4.34. The molecule has 0 aromatic heterocycles. The van der Waals surface area contributed by atoms with Crippen LogP contribution in [0.2, 0.25) is 0 Å². The number of ether oxygens (including phenoxy) is 1. The van der Waals surface area contributed by atoms with Gasteiger partial charge in [-0.25, -0.2) is 8.78 Å². The number of phenolic OH excluding ortho intramolecular Hbond substituents is 1. The van der Waals surface area contributed by atoms with Gasteiger partial charge in [-0.3, -0.25) is 9.59 Å². The first-order valence-corrected chi connectivity index (χ1v) is 8.41. The first-order chi connectivity index (χ1) is 12.8. The smallest absolute Gasteiger partial charge is 0.224 e. The molecule has 0 radical (unpaired) electrons. The molecule has 0 aliphatic rings. The van der Waals surface area contributed by atoms with Crippen LogP contribution in [0.4, 0.5) is 8.78 Å². The normalized spacial score (nSPS) is 10.6. The zero-order chi connectivity index (χ0) is 20.1. The number of phenols is 1. The van der Waals surface area contributed by atoms with Crippen LogP contribution in [0.5, 0.6) is 11.5 Å². The van der Waals surface area contributed by atoms with Gasteiger partial charge in [0.05, 0.1) is 20.1 Å². The molecule has 0 fully saturated rings. The number of carbonyl (C=O) groups excluding carboxylic acids is 2. The summed E-state index contributed by atoms with van der Waals surface area (Å²) in [5.41, 5.74) is 1.95. The SMILES string of the molecule is CCc1c(C(=O)CNC(=O)Cc2cc(F)c(F)cc2OC)ccc(O)c1C. The minimum absolute atomic E-state index is 0.0535. The second-order valence-corrected chi connectivity index (χ2v) is 6.04. The number of halogens is 2. The van der Waals surface area contributed by atoms with Gasteiger partial charge in [0.1, 0.15) is 11.5 Å². The fraction of sp³-hybridized carbons (Fsp3) is 0.300. The number of rotatable bonds is 7. The van der Waals surface area contributed by atoms with Crippen molar-refractivity contribution in [1.82, 2.24) is 5.32 Å². The van der Waals surface area contributed by atoms with Gasteiger partial charge in [0.25, 0.3) is 0 Å². The lowest BCUT2D eigenvalue weighted by Gasteiger charge is -2.13. The molecular weight excluding hydrogens is 356 g/mol. The zero-order valence-electron chi connectivity index (χ0n) is 15.4. The minimum Gasteiger partial charge on any atom is -0.508 e. The lowest BCUT2D eigenvalue weighted by molar-refractivity contribution is -0.120. The fourth-order valence-electron chi connectivity index (χ4n) is 2.87. The molecule has 27 heavy (non-hydrogen) atoms. The lowest BCUT2D eigenvalue weighted by atomic mass is 9.96. The minimum atomic E-state index is -1.08. The molecule has 0 heterocycles. The van der Waals surface area contributed by atoms with Crippen molar-refractivity contribution in [2.75, 3.05) is 13.7 Å². The molecule has 2 rings (SSSR count). The van der Waals surface area contributed by atoms with E-state index in [4.69, 9.17) is 4.74 Å². The van der Waals surface area contributed by atoms with Gasteiger partial charge < -0.3 is 15.2 Å². The lowest BCUT2D eigenvalue weighted by Crippen LogP contribution is -2.31. The highest BCUT2D eigenvalue weighted by molar-refractivity contribution is 6.01. The van der Waals surface area contributed by atoms with Crippen molar-refractivity contribution in [3.05, 3.63) is 58.2 Å². The summed E-state index contributed by atoms with van der Waals surface area (Å²) >= 11 is 0. The molecule has 5 nitrogen and oxygen atoms in total. The average Bonchev–Trinajstić information content (AvgIpc) is 2.64. The van der Waals surface area contributed by atoms with Crippen LogP contribution in [0.25, 0.3) is 0 Å². The van der Waals surface area contributed by atoms with E-state index in [1.54, 1.807) is 6.92 Å². The zero-order valence-corrected chi connectivity index (χ0v) is 15.4. The Morgan fingerprint density at radius 3 is 2.48 bits per heavy atom. The molecule has 7 heteroatoms. The number of benzene rings is 2. The van der Waals surface area contributed by atoms with Gasteiger partial charge in [-0.15, -0.1) is 0 Å². The second-order valence-electron chi connectivity index (χ2n) is 6.04. The number of nitrogens with one attached hydrogen (secondary N) is 1. The number of amides is 1. The summed E-state index contributed by atoms with van der Waals surface area (Å²) < 4.78 is 31.6. The highest BCUT2D eigenvalue weighted by Crippen LogP contribution is 2.25. The van der Waals surface area contributed by atoms with Crippen molar-refractivity contribution in [2.24, 2.45) is 0 Å². The molecule has 0 aliphatic carbocycles. The third-order valence-electron chi connectivity index (χ3n) is 4.34. The quantitative estimate of drug-likeness (QED) is 0.727. The summed E-state index contributed by atoms with van der Waals surface area (Å²) in [5, 5.41) is 12.2. The van der Waals surface area contributed by atoms with Crippen LogP contribution in [0, 0.1) is 18.6 Å². The summed E-state index contributed by atoms with van der Waals surface area (Å²) in [6.07, 6.45) is 0.296. The molecule has 144 valence electrons. The highest BCUT2D eigenvalue weighted by Gasteiger charge is 2.17. The van der Waals surface area contributed by atoms with E-state index in [1.165, 1.54) is 19.2 Å².